The average Bonchev–Trinajstić information content (AvgIpc) is 2.73. The molecule has 29 heavy (non-hydrogen) atoms. The molecule has 1 N–H and O–H groups in total. The number of rotatable bonds is 16. The monoisotopic (exact) mass is 401 g/mol. The van der Waals surface area contributed by atoms with Gasteiger partial charge in [0.25, 0.3) is 0 Å². The standard InChI is InChI=1S/C24H35NO4/c1-3-5-6-7-8-9-10-11-15-19-28-23(26)22(25-24(27)29-18-4-2)20-21-16-13-12-14-17-21/h3-4,12-14,16-17,22H,1-2,5-11,15,18-20H2,(H,25,27)/t22-/m0/s1. The highest BCUT2D eigenvalue weighted by molar-refractivity contribution is 5.81. The van der Waals surface area contributed by atoms with Crippen LogP contribution in [0.3, 0.4) is 0 Å². The number of benzene rings is 1. The van der Waals surface area contributed by atoms with Crippen molar-refractivity contribution in [3.8, 4) is 0 Å². The minimum atomic E-state index is -0.778. The average molecular weight is 402 g/mol. The van der Waals surface area contributed by atoms with E-state index in [1.54, 1.807) is 0 Å². The molecule has 0 aliphatic carbocycles. The molecule has 1 atom stereocenters. The van der Waals surface area contributed by atoms with Crippen molar-refractivity contribution < 1.29 is 19.1 Å². The maximum atomic E-state index is 12.5. The Labute approximate surface area is 175 Å². The van der Waals surface area contributed by atoms with Gasteiger partial charge in [0.15, 0.2) is 0 Å². The first-order chi connectivity index (χ1) is 14.2. The molecule has 0 bridgehead atoms. The quantitative estimate of drug-likeness (QED) is 0.230. The normalized spacial score (nSPS) is 11.3. The van der Waals surface area contributed by atoms with Gasteiger partial charge in [-0.1, -0.05) is 81.2 Å². The first-order valence-electron chi connectivity index (χ1n) is 10.5. The molecule has 0 saturated heterocycles. The highest BCUT2D eigenvalue weighted by Gasteiger charge is 2.23. The summed E-state index contributed by atoms with van der Waals surface area (Å²) in [6, 6.07) is 8.73. The van der Waals surface area contributed by atoms with Crippen molar-refractivity contribution in [2.45, 2.75) is 63.8 Å². The van der Waals surface area contributed by atoms with Gasteiger partial charge in [-0.15, -0.1) is 6.58 Å². The van der Waals surface area contributed by atoms with E-state index < -0.39 is 18.1 Å². The van der Waals surface area contributed by atoms with Gasteiger partial charge in [0.05, 0.1) is 6.61 Å². The number of amides is 1. The van der Waals surface area contributed by atoms with Gasteiger partial charge in [-0.2, -0.15) is 0 Å². The molecule has 0 spiro atoms. The van der Waals surface area contributed by atoms with E-state index >= 15 is 0 Å². The number of esters is 1. The molecule has 0 saturated carbocycles. The van der Waals surface area contributed by atoms with Crippen molar-refractivity contribution in [1.29, 1.82) is 0 Å². The molecule has 0 aromatic heterocycles. The lowest BCUT2D eigenvalue weighted by Gasteiger charge is -2.17. The number of carbonyl (C=O) groups is 2. The molecule has 0 fully saturated rings. The topological polar surface area (TPSA) is 64.6 Å². The molecule has 5 heteroatoms. The summed E-state index contributed by atoms with van der Waals surface area (Å²) >= 11 is 0. The predicted octanol–water partition coefficient (Wildman–Crippen LogP) is 5.36. The maximum absolute atomic E-state index is 12.5. The highest BCUT2D eigenvalue weighted by Crippen LogP contribution is 2.10. The van der Waals surface area contributed by atoms with E-state index in [0.717, 1.165) is 31.2 Å². The van der Waals surface area contributed by atoms with Crippen molar-refractivity contribution in [3.63, 3.8) is 0 Å². The van der Waals surface area contributed by atoms with E-state index in [-0.39, 0.29) is 6.61 Å². The number of ether oxygens (including phenoxy) is 2. The second kappa shape index (κ2) is 16.4. The Kier molecular flexibility index (Phi) is 13.8. The summed E-state index contributed by atoms with van der Waals surface area (Å²) < 4.78 is 10.3. The SMILES string of the molecule is C=CCCCCCCCCCOC(=O)[C@H](Cc1ccccc1)NC(=O)OCC=C. The number of hydrogen-bond acceptors (Lipinski definition) is 4. The third-order valence-electron chi connectivity index (χ3n) is 4.49. The van der Waals surface area contributed by atoms with Gasteiger partial charge < -0.3 is 14.8 Å². The lowest BCUT2D eigenvalue weighted by atomic mass is 10.1. The highest BCUT2D eigenvalue weighted by atomic mass is 16.6. The van der Waals surface area contributed by atoms with Crippen LogP contribution in [0.5, 0.6) is 0 Å². The van der Waals surface area contributed by atoms with Gasteiger partial charge in [-0.25, -0.2) is 9.59 Å². The maximum Gasteiger partial charge on any atom is 0.408 e. The van der Waals surface area contributed by atoms with Crippen LogP contribution in [0.25, 0.3) is 0 Å². The molecular weight excluding hydrogens is 366 g/mol. The Balaban J connectivity index is 2.33. The van der Waals surface area contributed by atoms with Crippen molar-refractivity contribution >= 4 is 12.1 Å². The van der Waals surface area contributed by atoms with Crippen molar-refractivity contribution in [2.24, 2.45) is 0 Å². The number of nitrogens with one attached hydrogen (secondary N) is 1. The molecule has 0 aliphatic heterocycles. The minimum Gasteiger partial charge on any atom is -0.464 e. The third kappa shape index (κ3) is 12.5. The summed E-state index contributed by atoms with van der Waals surface area (Å²) in [6.07, 6.45) is 12.2. The molecule has 0 radical (unpaired) electrons. The van der Waals surface area contributed by atoms with Crippen LogP contribution in [0.1, 0.15) is 56.9 Å². The number of allylic oxidation sites excluding steroid dienone is 1. The van der Waals surface area contributed by atoms with E-state index in [0.29, 0.717) is 13.0 Å². The van der Waals surface area contributed by atoms with Gasteiger partial charge in [-0.3, -0.25) is 0 Å². The van der Waals surface area contributed by atoms with Gasteiger partial charge in [0.1, 0.15) is 12.6 Å². The Bertz CT molecular complexity index is 600. The fourth-order valence-electron chi connectivity index (χ4n) is 2.91. The summed E-state index contributed by atoms with van der Waals surface area (Å²) in [4.78, 5) is 24.3. The second-order valence-corrected chi connectivity index (χ2v) is 6.99. The van der Waals surface area contributed by atoms with Gasteiger partial charge >= 0.3 is 12.1 Å². The number of carbonyl (C=O) groups excluding carboxylic acids is 2. The van der Waals surface area contributed by atoms with Crippen molar-refractivity contribution in [3.05, 3.63) is 61.2 Å². The van der Waals surface area contributed by atoms with Crippen LogP contribution in [0.2, 0.25) is 0 Å². The molecule has 1 aromatic carbocycles. The van der Waals surface area contributed by atoms with Crippen molar-refractivity contribution in [2.75, 3.05) is 13.2 Å². The van der Waals surface area contributed by atoms with E-state index in [9.17, 15) is 9.59 Å². The van der Waals surface area contributed by atoms with Crippen LogP contribution < -0.4 is 5.32 Å². The van der Waals surface area contributed by atoms with Gasteiger partial charge in [0, 0.05) is 6.42 Å². The third-order valence-corrected chi connectivity index (χ3v) is 4.49. The fraction of sp³-hybridized carbons (Fsp3) is 0.500. The molecule has 1 rings (SSSR count). The van der Waals surface area contributed by atoms with Crippen LogP contribution in [0.4, 0.5) is 4.79 Å². The van der Waals surface area contributed by atoms with Crippen LogP contribution in [0, 0.1) is 0 Å². The molecule has 0 unspecified atom stereocenters. The Hall–Kier alpha value is -2.56. The molecule has 0 heterocycles. The van der Waals surface area contributed by atoms with E-state index in [1.165, 1.54) is 31.8 Å². The Morgan fingerprint density at radius 2 is 1.55 bits per heavy atom. The van der Waals surface area contributed by atoms with Crippen LogP contribution in [-0.4, -0.2) is 31.3 Å². The smallest absolute Gasteiger partial charge is 0.408 e. The molecule has 1 aromatic rings. The first-order valence-corrected chi connectivity index (χ1v) is 10.5. The molecule has 1 amide bonds. The summed E-state index contributed by atoms with van der Waals surface area (Å²) in [6.45, 7) is 7.69. The number of alkyl carbamates (subject to hydrolysis) is 1. The zero-order valence-electron chi connectivity index (χ0n) is 17.4. The molecule has 0 aliphatic rings. The van der Waals surface area contributed by atoms with Crippen LogP contribution in [0.15, 0.2) is 55.6 Å². The van der Waals surface area contributed by atoms with E-state index in [1.807, 2.05) is 36.4 Å². The zero-order chi connectivity index (χ0) is 21.2. The van der Waals surface area contributed by atoms with Crippen LogP contribution in [-0.2, 0) is 20.7 Å². The summed E-state index contributed by atoms with van der Waals surface area (Å²) in [5.74, 6) is -0.436. The molecule has 160 valence electrons. The number of hydrogen-bond donors (Lipinski definition) is 1. The summed E-state index contributed by atoms with van der Waals surface area (Å²) in [5.41, 5.74) is 0.940. The van der Waals surface area contributed by atoms with Crippen molar-refractivity contribution in [1.82, 2.24) is 5.32 Å². The fourth-order valence-corrected chi connectivity index (χ4v) is 2.91. The molecule has 5 nitrogen and oxygen atoms in total. The largest absolute Gasteiger partial charge is 0.464 e. The van der Waals surface area contributed by atoms with Gasteiger partial charge in [0.2, 0.25) is 0 Å². The van der Waals surface area contributed by atoms with E-state index in [4.69, 9.17) is 9.47 Å². The predicted molar refractivity (Wildman–Crippen MR) is 117 cm³/mol. The first kappa shape index (κ1) is 24.5. The van der Waals surface area contributed by atoms with Gasteiger partial charge in [-0.05, 0) is 24.8 Å². The summed E-state index contributed by atoms with van der Waals surface area (Å²) in [7, 11) is 0. The van der Waals surface area contributed by atoms with E-state index in [2.05, 4.69) is 18.5 Å². The minimum absolute atomic E-state index is 0.0898. The lowest BCUT2D eigenvalue weighted by Crippen LogP contribution is -2.43. The van der Waals surface area contributed by atoms with Crippen LogP contribution >= 0.6 is 0 Å². The molecular formula is C24H35NO4. The summed E-state index contributed by atoms with van der Waals surface area (Å²) in [5, 5.41) is 2.60. The number of unbranched alkanes of at least 4 members (excludes halogenated alkanes) is 7. The Morgan fingerprint density at radius 3 is 2.21 bits per heavy atom. The lowest BCUT2D eigenvalue weighted by molar-refractivity contribution is -0.146. The second-order valence-electron chi connectivity index (χ2n) is 6.99. The zero-order valence-corrected chi connectivity index (χ0v) is 17.4. The Morgan fingerprint density at radius 1 is 0.897 bits per heavy atom.